The second-order valence-electron chi connectivity index (χ2n) is 10.5. The average molecular weight is 509 g/mol. The molecule has 0 aromatic rings. The molecule has 202 valence electrons. The van der Waals surface area contributed by atoms with Crippen molar-refractivity contribution in [2.75, 3.05) is 0 Å². The summed E-state index contributed by atoms with van der Waals surface area (Å²) in [5.74, 6) is -1.36. The van der Waals surface area contributed by atoms with Gasteiger partial charge in [0.1, 0.15) is 11.7 Å². The van der Waals surface area contributed by atoms with Gasteiger partial charge >= 0.3 is 24.3 Å². The predicted octanol–water partition coefficient (Wildman–Crippen LogP) is 6.51. The van der Waals surface area contributed by atoms with Gasteiger partial charge in [-0.25, -0.2) is 0 Å². The zero-order valence-corrected chi connectivity index (χ0v) is 21.2. The minimum atomic E-state index is -5.99. The summed E-state index contributed by atoms with van der Waals surface area (Å²) < 4.78 is 88.0. The molecule has 0 aromatic heterocycles. The molecule has 0 heterocycles. The van der Waals surface area contributed by atoms with E-state index >= 15 is 0 Å². The molecule has 0 aliphatic heterocycles. The van der Waals surface area contributed by atoms with E-state index < -0.39 is 58.8 Å². The van der Waals surface area contributed by atoms with E-state index in [1.165, 1.54) is 6.92 Å². The molecule has 0 aromatic carbocycles. The third-order valence-corrected chi connectivity index (χ3v) is 6.23. The summed E-state index contributed by atoms with van der Waals surface area (Å²) in [6.45, 7) is 12.8. The topological polar surface area (TPSA) is 72.8 Å². The molecule has 34 heavy (non-hydrogen) atoms. The van der Waals surface area contributed by atoms with Crippen LogP contribution < -0.4 is 0 Å². The monoisotopic (exact) mass is 508 g/mol. The van der Waals surface area contributed by atoms with Crippen LogP contribution in [0.3, 0.4) is 0 Å². The highest BCUT2D eigenvalue weighted by molar-refractivity contribution is 5.77. The Labute approximate surface area is 197 Å². The first-order valence-corrected chi connectivity index (χ1v) is 11.3. The molecule has 0 spiro atoms. The fourth-order valence-electron chi connectivity index (χ4n) is 3.29. The molecule has 0 bridgehead atoms. The number of esters is 2. The number of halogens is 6. The number of aliphatic hydroxyl groups is 1. The summed E-state index contributed by atoms with van der Waals surface area (Å²) in [4.78, 5) is 25.3. The molecule has 0 saturated heterocycles. The molecule has 3 unspecified atom stereocenters. The van der Waals surface area contributed by atoms with Gasteiger partial charge < -0.3 is 14.6 Å². The maximum Gasteiger partial charge on any atom is 0.426 e. The Balaban J connectivity index is 5.32. The number of hydrogen-bond acceptors (Lipinski definition) is 5. The Morgan fingerprint density at radius 2 is 1.18 bits per heavy atom. The lowest BCUT2D eigenvalue weighted by Crippen LogP contribution is -2.58. The van der Waals surface area contributed by atoms with Crippen molar-refractivity contribution in [1.29, 1.82) is 0 Å². The molecule has 0 amide bonds. The second kappa shape index (κ2) is 11.0. The second-order valence-corrected chi connectivity index (χ2v) is 10.5. The number of ether oxygens (including phenoxy) is 2. The van der Waals surface area contributed by atoms with Gasteiger partial charge in [0.2, 0.25) is 0 Å². The van der Waals surface area contributed by atoms with E-state index in [4.69, 9.17) is 9.47 Å². The van der Waals surface area contributed by atoms with Crippen molar-refractivity contribution < 1.29 is 50.5 Å². The first-order valence-electron chi connectivity index (χ1n) is 11.3. The number of alkyl halides is 6. The minimum absolute atomic E-state index is 0.191. The van der Waals surface area contributed by atoms with Gasteiger partial charge in [-0.2, -0.15) is 26.3 Å². The van der Waals surface area contributed by atoms with E-state index in [-0.39, 0.29) is 12.8 Å². The van der Waals surface area contributed by atoms with Crippen LogP contribution in [-0.4, -0.2) is 46.7 Å². The van der Waals surface area contributed by atoms with E-state index in [1.54, 1.807) is 34.6 Å². The Hall–Kier alpha value is -1.52. The summed E-state index contributed by atoms with van der Waals surface area (Å²) in [5, 5.41) is 9.33. The summed E-state index contributed by atoms with van der Waals surface area (Å²) in [6, 6.07) is 0. The molecular formula is C23H38F6O5. The van der Waals surface area contributed by atoms with Gasteiger partial charge in [0.05, 0.1) is 10.8 Å². The first kappa shape index (κ1) is 32.5. The standard InChI is InChI=1S/C23H38F6O5/c1-9-19(7,12-11-13-20(8,10-2)17(31)34-18(4,5)6)16(30)33-15(3)14-21(32,22(24,25)26)23(27,28)29/h15,32H,9-14H2,1-8H3. The van der Waals surface area contributed by atoms with E-state index in [1.807, 2.05) is 6.92 Å². The number of rotatable bonds is 11. The van der Waals surface area contributed by atoms with Crippen molar-refractivity contribution in [3.05, 3.63) is 0 Å². The smallest absolute Gasteiger partial charge is 0.426 e. The van der Waals surface area contributed by atoms with Gasteiger partial charge in [-0.3, -0.25) is 9.59 Å². The van der Waals surface area contributed by atoms with Crippen LogP contribution in [-0.2, 0) is 19.1 Å². The van der Waals surface area contributed by atoms with E-state index in [0.29, 0.717) is 19.3 Å². The maximum atomic E-state index is 12.9. The highest BCUT2D eigenvalue weighted by atomic mass is 19.4. The zero-order chi connectivity index (χ0) is 27.4. The highest BCUT2D eigenvalue weighted by Crippen LogP contribution is 2.46. The third-order valence-electron chi connectivity index (χ3n) is 6.23. The highest BCUT2D eigenvalue weighted by Gasteiger charge is 2.70. The van der Waals surface area contributed by atoms with Crippen LogP contribution in [0.25, 0.3) is 0 Å². The summed E-state index contributed by atoms with van der Waals surface area (Å²) in [6.07, 6.45) is -14.1. The van der Waals surface area contributed by atoms with Gasteiger partial charge in [0, 0.05) is 6.42 Å². The fraction of sp³-hybridized carbons (Fsp3) is 0.913. The summed E-state index contributed by atoms with van der Waals surface area (Å²) >= 11 is 0. The Morgan fingerprint density at radius 1 is 0.794 bits per heavy atom. The van der Waals surface area contributed by atoms with Crippen LogP contribution in [0.5, 0.6) is 0 Å². The average Bonchev–Trinajstić information content (AvgIpc) is 2.64. The minimum Gasteiger partial charge on any atom is -0.462 e. The van der Waals surface area contributed by atoms with Gasteiger partial charge in [0.25, 0.3) is 5.60 Å². The van der Waals surface area contributed by atoms with E-state index in [0.717, 1.165) is 6.92 Å². The normalized spacial score (nSPS) is 18.0. The molecular weight excluding hydrogens is 470 g/mol. The van der Waals surface area contributed by atoms with Gasteiger partial charge in [-0.1, -0.05) is 20.3 Å². The molecule has 0 radical (unpaired) electrons. The van der Waals surface area contributed by atoms with Crippen molar-refractivity contribution in [3.63, 3.8) is 0 Å². The van der Waals surface area contributed by atoms with Crippen molar-refractivity contribution in [2.24, 2.45) is 10.8 Å². The lowest BCUT2D eigenvalue weighted by molar-refractivity contribution is -0.373. The van der Waals surface area contributed by atoms with Crippen molar-refractivity contribution in [2.45, 2.75) is 124 Å². The number of carbonyl (C=O) groups excluding carboxylic acids is 2. The van der Waals surface area contributed by atoms with Crippen LogP contribution in [0.2, 0.25) is 0 Å². The molecule has 5 nitrogen and oxygen atoms in total. The van der Waals surface area contributed by atoms with Gasteiger partial charge in [-0.05, 0) is 67.2 Å². The Morgan fingerprint density at radius 3 is 1.50 bits per heavy atom. The third kappa shape index (κ3) is 8.30. The van der Waals surface area contributed by atoms with Crippen LogP contribution in [0.1, 0.15) is 93.9 Å². The molecule has 11 heteroatoms. The molecule has 1 N–H and O–H groups in total. The molecule has 0 aliphatic rings. The number of carbonyl (C=O) groups is 2. The molecule has 0 fully saturated rings. The predicted molar refractivity (Wildman–Crippen MR) is 114 cm³/mol. The Bertz CT molecular complexity index is 683. The summed E-state index contributed by atoms with van der Waals surface area (Å²) in [5.41, 5.74) is -7.71. The van der Waals surface area contributed by atoms with Crippen LogP contribution in [0.4, 0.5) is 26.3 Å². The Kier molecular flexibility index (Phi) is 10.5. The quantitative estimate of drug-likeness (QED) is 0.255. The molecule has 0 saturated carbocycles. The first-order chi connectivity index (χ1) is 15.0. The van der Waals surface area contributed by atoms with Crippen LogP contribution in [0.15, 0.2) is 0 Å². The van der Waals surface area contributed by atoms with Crippen molar-refractivity contribution in [1.82, 2.24) is 0 Å². The van der Waals surface area contributed by atoms with E-state index in [9.17, 15) is 41.0 Å². The SMILES string of the molecule is CCC(C)(CCCC(C)(CC)C(=O)OC(C)(C)C)C(=O)OC(C)CC(O)(C(F)(F)F)C(F)(F)F. The van der Waals surface area contributed by atoms with Gasteiger partial charge in [0.15, 0.2) is 0 Å². The van der Waals surface area contributed by atoms with Crippen molar-refractivity contribution >= 4 is 11.9 Å². The van der Waals surface area contributed by atoms with E-state index in [2.05, 4.69) is 0 Å². The molecule has 0 aliphatic carbocycles. The lowest BCUT2D eigenvalue weighted by Gasteiger charge is -2.35. The maximum absolute atomic E-state index is 12.9. The van der Waals surface area contributed by atoms with Crippen LogP contribution >= 0.6 is 0 Å². The lowest BCUT2D eigenvalue weighted by atomic mass is 9.77. The number of hydrogen-bond donors (Lipinski definition) is 1. The largest absolute Gasteiger partial charge is 0.462 e. The fourth-order valence-corrected chi connectivity index (χ4v) is 3.29. The zero-order valence-electron chi connectivity index (χ0n) is 21.2. The molecule has 0 rings (SSSR count). The van der Waals surface area contributed by atoms with Crippen molar-refractivity contribution in [3.8, 4) is 0 Å². The summed E-state index contributed by atoms with van der Waals surface area (Å²) in [7, 11) is 0. The molecule has 3 atom stereocenters. The van der Waals surface area contributed by atoms with Crippen LogP contribution in [0, 0.1) is 10.8 Å². The van der Waals surface area contributed by atoms with Gasteiger partial charge in [-0.15, -0.1) is 0 Å².